The van der Waals surface area contributed by atoms with Crippen LogP contribution in [0, 0.1) is 6.92 Å². The molecule has 8 nitrogen and oxygen atoms in total. The maximum atomic E-state index is 14.6. The molecule has 1 unspecified atom stereocenters. The number of halogens is 3. The molecule has 0 amide bonds. The summed E-state index contributed by atoms with van der Waals surface area (Å²) in [5.74, 6) is -1.74. The van der Waals surface area contributed by atoms with Gasteiger partial charge in [-0.2, -0.15) is 18.3 Å². The van der Waals surface area contributed by atoms with Gasteiger partial charge in [0.1, 0.15) is 0 Å². The van der Waals surface area contributed by atoms with Crippen molar-refractivity contribution in [3.05, 3.63) is 41.6 Å². The van der Waals surface area contributed by atoms with Gasteiger partial charge in [-0.15, -0.1) is 0 Å². The van der Waals surface area contributed by atoms with E-state index < -0.39 is 23.2 Å². The standard InChI is InChI=1S/C20H21F3N4O4/c1-3-30-17(28)19(20(21,22)23)15-13(2)25-27(14-7-5-4-6-8-14)16(15)31-18(24-19)26-9-11-29-12-10-26/h4-8H,3,9-12H2,1-2H3. The number of fused-ring (bicyclic) bond motifs is 1. The largest absolute Gasteiger partial charge is 0.464 e. The predicted octanol–water partition coefficient (Wildman–Crippen LogP) is 2.58. The number of aromatic nitrogens is 2. The third-order valence-electron chi connectivity index (χ3n) is 5.09. The van der Waals surface area contributed by atoms with E-state index in [-0.39, 0.29) is 37.3 Å². The Labute approximate surface area is 176 Å². The van der Waals surface area contributed by atoms with Gasteiger partial charge in [0, 0.05) is 13.1 Å². The summed E-state index contributed by atoms with van der Waals surface area (Å²) < 4.78 is 61.2. The van der Waals surface area contributed by atoms with Crippen LogP contribution in [-0.2, 0) is 19.8 Å². The number of hydrogen-bond donors (Lipinski definition) is 0. The Kier molecular flexibility index (Phi) is 5.38. The molecule has 0 saturated carbocycles. The van der Waals surface area contributed by atoms with Gasteiger partial charge in [0.05, 0.1) is 36.8 Å². The van der Waals surface area contributed by atoms with Crippen LogP contribution in [0.3, 0.4) is 0 Å². The van der Waals surface area contributed by atoms with Gasteiger partial charge < -0.3 is 19.1 Å². The smallest absolute Gasteiger partial charge is 0.429 e. The molecule has 0 N–H and O–H groups in total. The van der Waals surface area contributed by atoms with Crippen LogP contribution in [0.4, 0.5) is 13.2 Å². The van der Waals surface area contributed by atoms with Crippen molar-refractivity contribution in [1.82, 2.24) is 14.7 Å². The number of ether oxygens (including phenoxy) is 3. The number of aryl methyl sites for hydroxylation is 1. The van der Waals surface area contributed by atoms with Crippen LogP contribution in [0.5, 0.6) is 5.88 Å². The number of aliphatic imine (C=N–C) groups is 1. The Bertz CT molecular complexity index is 1000. The van der Waals surface area contributed by atoms with Crippen molar-refractivity contribution in [2.24, 2.45) is 4.99 Å². The maximum absolute atomic E-state index is 14.6. The number of carbonyl (C=O) groups is 1. The van der Waals surface area contributed by atoms with E-state index in [9.17, 15) is 18.0 Å². The van der Waals surface area contributed by atoms with Gasteiger partial charge in [0.2, 0.25) is 5.88 Å². The van der Waals surface area contributed by atoms with Crippen molar-refractivity contribution in [3.63, 3.8) is 0 Å². The topological polar surface area (TPSA) is 78.2 Å². The highest BCUT2D eigenvalue weighted by Gasteiger charge is 2.68. The van der Waals surface area contributed by atoms with E-state index in [4.69, 9.17) is 14.2 Å². The summed E-state index contributed by atoms with van der Waals surface area (Å²) >= 11 is 0. The number of esters is 1. The Morgan fingerprint density at radius 1 is 1.23 bits per heavy atom. The van der Waals surface area contributed by atoms with Gasteiger partial charge in [0.15, 0.2) is 0 Å². The number of morpholine rings is 1. The fraction of sp³-hybridized carbons (Fsp3) is 0.450. The Morgan fingerprint density at radius 2 is 1.90 bits per heavy atom. The van der Waals surface area contributed by atoms with Crippen molar-refractivity contribution < 1.29 is 32.2 Å². The molecule has 4 rings (SSSR count). The molecule has 2 aromatic rings. The highest BCUT2D eigenvalue weighted by atomic mass is 19.4. The molecule has 0 radical (unpaired) electrons. The van der Waals surface area contributed by atoms with Crippen LogP contribution in [-0.4, -0.2) is 65.8 Å². The van der Waals surface area contributed by atoms with Gasteiger partial charge in [-0.05, 0) is 26.0 Å². The predicted molar refractivity (Wildman–Crippen MR) is 103 cm³/mol. The van der Waals surface area contributed by atoms with Crippen LogP contribution < -0.4 is 4.74 Å². The zero-order valence-electron chi connectivity index (χ0n) is 17.0. The van der Waals surface area contributed by atoms with E-state index >= 15 is 0 Å². The lowest BCUT2D eigenvalue weighted by Gasteiger charge is -2.37. The Balaban J connectivity index is 1.98. The van der Waals surface area contributed by atoms with Crippen molar-refractivity contribution in [2.75, 3.05) is 32.9 Å². The van der Waals surface area contributed by atoms with E-state index in [1.54, 1.807) is 30.3 Å². The lowest BCUT2D eigenvalue weighted by atomic mass is 9.88. The van der Waals surface area contributed by atoms with Crippen LogP contribution in [0.25, 0.3) is 5.69 Å². The fourth-order valence-electron chi connectivity index (χ4n) is 3.66. The molecule has 1 atom stereocenters. The summed E-state index contributed by atoms with van der Waals surface area (Å²) in [6, 6.07) is 8.25. The zero-order chi connectivity index (χ0) is 22.2. The van der Waals surface area contributed by atoms with Gasteiger partial charge in [-0.1, -0.05) is 18.2 Å². The Morgan fingerprint density at radius 3 is 2.52 bits per heavy atom. The lowest BCUT2D eigenvalue weighted by molar-refractivity contribution is -0.209. The first-order valence-corrected chi connectivity index (χ1v) is 9.79. The molecule has 0 aliphatic carbocycles. The number of alkyl halides is 3. The average Bonchev–Trinajstić information content (AvgIpc) is 3.10. The molecule has 1 fully saturated rings. The minimum Gasteiger partial charge on any atom is -0.464 e. The zero-order valence-corrected chi connectivity index (χ0v) is 17.0. The number of amidine groups is 1. The first-order valence-electron chi connectivity index (χ1n) is 9.79. The molecule has 166 valence electrons. The summed E-state index contributed by atoms with van der Waals surface area (Å²) in [6.45, 7) is 3.72. The molecule has 0 bridgehead atoms. The van der Waals surface area contributed by atoms with E-state index in [1.165, 1.54) is 23.4 Å². The monoisotopic (exact) mass is 438 g/mol. The van der Waals surface area contributed by atoms with E-state index in [2.05, 4.69) is 10.1 Å². The lowest BCUT2D eigenvalue weighted by Crippen LogP contribution is -2.55. The molecule has 1 aromatic heterocycles. The Hall–Kier alpha value is -3.08. The second-order valence-electron chi connectivity index (χ2n) is 7.04. The summed E-state index contributed by atoms with van der Waals surface area (Å²) in [6.07, 6.45) is -5.09. The molecule has 0 spiro atoms. The van der Waals surface area contributed by atoms with Crippen LogP contribution in [0.15, 0.2) is 35.3 Å². The molecular weight excluding hydrogens is 417 g/mol. The van der Waals surface area contributed by atoms with Crippen molar-refractivity contribution in [1.29, 1.82) is 0 Å². The molecular formula is C20H21F3N4O4. The molecule has 31 heavy (non-hydrogen) atoms. The number of benzene rings is 1. The fourth-order valence-corrected chi connectivity index (χ4v) is 3.66. The normalized spacial score (nSPS) is 21.2. The molecule has 2 aliphatic rings. The van der Waals surface area contributed by atoms with Crippen molar-refractivity contribution >= 4 is 12.0 Å². The SMILES string of the molecule is CCOC(=O)C1(C(F)(F)F)N=C(N2CCOCC2)Oc2c1c(C)nn2-c1ccccc1. The quantitative estimate of drug-likeness (QED) is 0.686. The maximum Gasteiger partial charge on any atom is 0.429 e. The average molecular weight is 438 g/mol. The van der Waals surface area contributed by atoms with E-state index in [0.29, 0.717) is 18.9 Å². The van der Waals surface area contributed by atoms with Gasteiger partial charge >= 0.3 is 12.1 Å². The minimum atomic E-state index is -5.09. The summed E-state index contributed by atoms with van der Waals surface area (Å²) in [5, 5.41) is 4.26. The van der Waals surface area contributed by atoms with E-state index in [0.717, 1.165) is 0 Å². The first-order chi connectivity index (χ1) is 14.8. The number of rotatable bonds is 3. The molecule has 11 heteroatoms. The second kappa shape index (κ2) is 7.88. The van der Waals surface area contributed by atoms with Gasteiger partial charge in [-0.25, -0.2) is 14.5 Å². The van der Waals surface area contributed by atoms with Gasteiger partial charge in [0.25, 0.3) is 11.6 Å². The van der Waals surface area contributed by atoms with Crippen molar-refractivity contribution in [3.8, 4) is 11.6 Å². The molecule has 3 heterocycles. The number of nitrogens with zero attached hydrogens (tertiary/aromatic N) is 4. The third-order valence-corrected chi connectivity index (χ3v) is 5.09. The van der Waals surface area contributed by atoms with Crippen LogP contribution >= 0.6 is 0 Å². The number of carbonyl (C=O) groups excluding carboxylic acids is 1. The minimum absolute atomic E-state index is 0.0333. The number of para-hydroxylation sites is 1. The highest BCUT2D eigenvalue weighted by Crippen LogP contribution is 2.51. The summed E-state index contributed by atoms with van der Waals surface area (Å²) in [7, 11) is 0. The van der Waals surface area contributed by atoms with Gasteiger partial charge in [-0.3, -0.25) is 0 Å². The third kappa shape index (κ3) is 3.42. The summed E-state index contributed by atoms with van der Waals surface area (Å²) in [5.41, 5.74) is -3.32. The molecule has 2 aliphatic heterocycles. The summed E-state index contributed by atoms with van der Waals surface area (Å²) in [4.78, 5) is 18.2. The van der Waals surface area contributed by atoms with Crippen LogP contribution in [0.1, 0.15) is 18.2 Å². The van der Waals surface area contributed by atoms with Crippen molar-refractivity contribution in [2.45, 2.75) is 25.6 Å². The van der Waals surface area contributed by atoms with Crippen LogP contribution in [0.2, 0.25) is 0 Å². The van der Waals surface area contributed by atoms with E-state index in [1.807, 2.05) is 0 Å². The first kappa shape index (κ1) is 21.2. The second-order valence-corrected chi connectivity index (χ2v) is 7.04. The molecule has 1 aromatic carbocycles. The highest BCUT2D eigenvalue weighted by molar-refractivity contribution is 5.92. The number of hydrogen-bond acceptors (Lipinski definition) is 7. The molecule has 1 saturated heterocycles.